The van der Waals surface area contributed by atoms with Crippen molar-refractivity contribution in [3.05, 3.63) is 21.9 Å². The van der Waals surface area contributed by atoms with Crippen molar-refractivity contribution in [2.75, 3.05) is 26.2 Å². The van der Waals surface area contributed by atoms with Gasteiger partial charge in [-0.15, -0.1) is 11.3 Å². The Bertz CT molecular complexity index is 610. The molecule has 2 unspecified atom stereocenters. The van der Waals surface area contributed by atoms with Gasteiger partial charge in [-0.2, -0.15) is 10.5 Å². The summed E-state index contributed by atoms with van der Waals surface area (Å²) < 4.78 is 0. The van der Waals surface area contributed by atoms with Crippen LogP contribution in [0.5, 0.6) is 0 Å². The molecule has 0 amide bonds. The van der Waals surface area contributed by atoms with Crippen LogP contribution in [-0.2, 0) is 5.41 Å². The van der Waals surface area contributed by atoms with E-state index in [9.17, 15) is 5.26 Å². The molecule has 1 aliphatic heterocycles. The van der Waals surface area contributed by atoms with E-state index in [0.717, 1.165) is 43.9 Å². The minimum Gasteiger partial charge on any atom is -0.313 e. The summed E-state index contributed by atoms with van der Waals surface area (Å²) in [4.78, 5) is 4.24. The van der Waals surface area contributed by atoms with E-state index in [1.165, 1.54) is 17.8 Å². The molecule has 0 aromatic carbocycles. The molecule has 24 heavy (non-hydrogen) atoms. The molecule has 2 atom stereocenters. The largest absolute Gasteiger partial charge is 0.313 e. The van der Waals surface area contributed by atoms with Crippen LogP contribution in [0.4, 0.5) is 0 Å². The minimum atomic E-state index is -0.472. The zero-order valence-electron chi connectivity index (χ0n) is 15.0. The van der Waals surface area contributed by atoms with Crippen molar-refractivity contribution >= 4 is 11.3 Å². The van der Waals surface area contributed by atoms with Gasteiger partial charge in [-0.25, -0.2) is 0 Å². The summed E-state index contributed by atoms with van der Waals surface area (Å²) >= 11 is 1.48. The first-order chi connectivity index (χ1) is 11.6. The zero-order chi connectivity index (χ0) is 17.6. The molecule has 1 N–H and O–H groups in total. The quantitative estimate of drug-likeness (QED) is 0.784. The fourth-order valence-electron chi connectivity index (χ4n) is 3.65. The van der Waals surface area contributed by atoms with Crippen LogP contribution in [0.15, 0.2) is 12.1 Å². The van der Waals surface area contributed by atoms with Crippen LogP contribution in [0.25, 0.3) is 0 Å². The number of likely N-dealkylation sites (N-methyl/N-ethyl adjacent to an activating group) is 1. The van der Waals surface area contributed by atoms with Crippen LogP contribution in [0, 0.1) is 28.6 Å². The van der Waals surface area contributed by atoms with E-state index in [0.29, 0.717) is 10.9 Å². The van der Waals surface area contributed by atoms with Gasteiger partial charge in [-0.3, -0.25) is 0 Å². The Hall–Kier alpha value is -1.40. The molecule has 1 fully saturated rings. The summed E-state index contributed by atoms with van der Waals surface area (Å²) in [7, 11) is 0. The van der Waals surface area contributed by atoms with E-state index in [1.54, 1.807) is 0 Å². The highest BCUT2D eigenvalue weighted by atomic mass is 32.1. The Morgan fingerprint density at radius 1 is 1.42 bits per heavy atom. The second kappa shape index (κ2) is 8.62. The summed E-state index contributed by atoms with van der Waals surface area (Å²) in [5, 5.41) is 22.5. The molecule has 0 aliphatic carbocycles. The fourth-order valence-corrected chi connectivity index (χ4v) is 4.77. The lowest BCUT2D eigenvalue weighted by Crippen LogP contribution is -2.34. The molecule has 1 aromatic heterocycles. The van der Waals surface area contributed by atoms with E-state index in [2.05, 4.69) is 43.1 Å². The van der Waals surface area contributed by atoms with E-state index < -0.39 is 5.41 Å². The van der Waals surface area contributed by atoms with Gasteiger partial charge in [-0.05, 0) is 56.9 Å². The Morgan fingerprint density at radius 3 is 2.79 bits per heavy atom. The first-order valence-corrected chi connectivity index (χ1v) is 9.74. The molecule has 5 heteroatoms. The van der Waals surface area contributed by atoms with Crippen LogP contribution in [0.3, 0.4) is 0 Å². The molecule has 130 valence electrons. The van der Waals surface area contributed by atoms with Crippen molar-refractivity contribution in [2.45, 2.75) is 51.5 Å². The zero-order valence-corrected chi connectivity index (χ0v) is 15.8. The van der Waals surface area contributed by atoms with Gasteiger partial charge in [0.1, 0.15) is 10.9 Å². The number of thiophene rings is 1. The number of likely N-dealkylation sites (tertiary alicyclic amines) is 1. The van der Waals surface area contributed by atoms with Gasteiger partial charge in [-0.1, -0.05) is 20.8 Å². The van der Waals surface area contributed by atoms with Gasteiger partial charge in [0.05, 0.1) is 11.5 Å². The fraction of sp³-hybridized carbons (Fsp3) is 0.684. The number of rotatable bonds is 8. The summed E-state index contributed by atoms with van der Waals surface area (Å²) in [6.45, 7) is 10.7. The predicted octanol–water partition coefficient (Wildman–Crippen LogP) is 3.50. The summed E-state index contributed by atoms with van der Waals surface area (Å²) in [5.41, 5.74) is -0.472. The van der Waals surface area contributed by atoms with E-state index in [-0.39, 0.29) is 5.92 Å². The van der Waals surface area contributed by atoms with Crippen LogP contribution < -0.4 is 5.32 Å². The molecule has 0 spiro atoms. The molecule has 0 radical (unpaired) electrons. The summed E-state index contributed by atoms with van der Waals surface area (Å²) in [6.07, 6.45) is 3.09. The molecule has 1 saturated heterocycles. The maximum absolute atomic E-state index is 9.94. The maximum Gasteiger partial charge on any atom is 0.110 e. The van der Waals surface area contributed by atoms with Crippen molar-refractivity contribution in [2.24, 2.45) is 5.92 Å². The van der Waals surface area contributed by atoms with Crippen molar-refractivity contribution in [3.8, 4) is 12.1 Å². The first-order valence-electron chi connectivity index (χ1n) is 8.93. The van der Waals surface area contributed by atoms with Crippen LogP contribution in [0.1, 0.15) is 49.8 Å². The summed E-state index contributed by atoms with van der Waals surface area (Å²) in [6, 6.07) is 9.23. The Kier molecular flexibility index (Phi) is 6.80. The average molecular weight is 345 g/mol. The second-order valence-electron chi connectivity index (χ2n) is 6.96. The lowest BCUT2D eigenvalue weighted by Gasteiger charge is -2.30. The molecule has 0 saturated carbocycles. The monoisotopic (exact) mass is 344 g/mol. The number of hydrogen-bond acceptors (Lipinski definition) is 5. The molecular weight excluding hydrogens is 316 g/mol. The molecular formula is C19H28N4S. The van der Waals surface area contributed by atoms with Gasteiger partial charge < -0.3 is 10.2 Å². The van der Waals surface area contributed by atoms with Gasteiger partial charge in [0.2, 0.25) is 0 Å². The minimum absolute atomic E-state index is 0.237. The Balaban J connectivity index is 1.98. The van der Waals surface area contributed by atoms with Crippen LogP contribution in [-0.4, -0.2) is 37.1 Å². The molecule has 2 heterocycles. The first kappa shape index (κ1) is 18.9. The molecule has 1 aromatic rings. The van der Waals surface area contributed by atoms with Crippen LogP contribution in [0.2, 0.25) is 0 Å². The van der Waals surface area contributed by atoms with Crippen molar-refractivity contribution in [1.82, 2.24) is 10.2 Å². The average Bonchev–Trinajstić information content (AvgIpc) is 3.21. The van der Waals surface area contributed by atoms with E-state index >= 15 is 0 Å². The number of nitriles is 2. The van der Waals surface area contributed by atoms with Gasteiger partial charge in [0, 0.05) is 17.5 Å². The number of hydrogen-bond donors (Lipinski definition) is 1. The topological polar surface area (TPSA) is 62.9 Å². The van der Waals surface area contributed by atoms with Crippen LogP contribution >= 0.6 is 11.3 Å². The van der Waals surface area contributed by atoms with E-state index in [1.807, 2.05) is 12.1 Å². The summed E-state index contributed by atoms with van der Waals surface area (Å²) in [5.74, 6) is 0.237. The van der Waals surface area contributed by atoms with E-state index in [4.69, 9.17) is 5.26 Å². The molecule has 1 aliphatic rings. The lowest BCUT2D eigenvalue weighted by atomic mass is 9.73. The second-order valence-corrected chi connectivity index (χ2v) is 8.04. The normalized spacial score (nSPS) is 20.7. The predicted molar refractivity (Wildman–Crippen MR) is 98.9 cm³/mol. The van der Waals surface area contributed by atoms with Gasteiger partial charge in [0.25, 0.3) is 0 Å². The highest BCUT2D eigenvalue weighted by molar-refractivity contribution is 7.12. The third-order valence-electron chi connectivity index (χ3n) is 5.15. The van der Waals surface area contributed by atoms with Crippen molar-refractivity contribution in [1.29, 1.82) is 10.5 Å². The number of nitrogens with zero attached hydrogens (tertiary/aromatic N) is 3. The lowest BCUT2D eigenvalue weighted by molar-refractivity contribution is 0.290. The smallest absolute Gasteiger partial charge is 0.110 e. The molecule has 2 rings (SSSR count). The SMILES string of the molecule is CCNC1CCN(CCCC(C#N)(c2ccc(C#N)s2)C(C)C)C1. The Labute approximate surface area is 150 Å². The van der Waals surface area contributed by atoms with Gasteiger partial charge >= 0.3 is 0 Å². The van der Waals surface area contributed by atoms with Crippen molar-refractivity contribution in [3.63, 3.8) is 0 Å². The highest BCUT2D eigenvalue weighted by Crippen LogP contribution is 2.40. The standard InChI is InChI=1S/C19H28N4S/c1-4-22-16-8-11-23(13-16)10-5-9-19(14-21,15(2)3)18-7-6-17(12-20)24-18/h6-7,15-16,22H,4-5,8-11,13H2,1-3H3. The maximum atomic E-state index is 9.94. The third kappa shape index (κ3) is 4.16. The highest BCUT2D eigenvalue weighted by Gasteiger charge is 2.37. The molecule has 0 bridgehead atoms. The molecule has 4 nitrogen and oxygen atoms in total. The number of nitrogens with one attached hydrogen (secondary N) is 1. The van der Waals surface area contributed by atoms with Crippen molar-refractivity contribution < 1.29 is 0 Å². The third-order valence-corrected chi connectivity index (χ3v) is 6.32. The van der Waals surface area contributed by atoms with Gasteiger partial charge in [0.15, 0.2) is 0 Å². The Morgan fingerprint density at radius 2 is 2.21 bits per heavy atom.